The second kappa shape index (κ2) is 5.45. The summed E-state index contributed by atoms with van der Waals surface area (Å²) in [4.78, 5) is 10.6. The highest BCUT2D eigenvalue weighted by Crippen LogP contribution is 2.22. The Bertz CT molecular complexity index is 178. The van der Waals surface area contributed by atoms with Crippen molar-refractivity contribution in [3.63, 3.8) is 0 Å². The van der Waals surface area contributed by atoms with Crippen molar-refractivity contribution in [2.24, 2.45) is 5.10 Å². The first-order valence-electron chi connectivity index (χ1n) is 2.99. The summed E-state index contributed by atoms with van der Waals surface area (Å²) in [5.41, 5.74) is 2.00. The molecule has 1 N–H and O–H groups in total. The number of hydrogen-bond acceptors (Lipinski definition) is 3. The number of amides is 1. The molecular formula is C5H7Cl3N2O2. The van der Waals surface area contributed by atoms with E-state index in [1.807, 2.05) is 5.43 Å². The molecule has 0 aromatic carbocycles. The van der Waals surface area contributed by atoms with Crippen LogP contribution in [0.5, 0.6) is 0 Å². The van der Waals surface area contributed by atoms with Gasteiger partial charge in [0.1, 0.15) is 0 Å². The Balaban J connectivity index is 3.68. The van der Waals surface area contributed by atoms with E-state index in [-0.39, 0.29) is 6.61 Å². The maximum Gasteiger partial charge on any atom is 0.427 e. The Morgan fingerprint density at radius 2 is 2.25 bits per heavy atom. The van der Waals surface area contributed by atoms with E-state index >= 15 is 0 Å². The molecule has 0 fully saturated rings. The van der Waals surface area contributed by atoms with Crippen LogP contribution in [0.4, 0.5) is 4.79 Å². The summed E-state index contributed by atoms with van der Waals surface area (Å²) in [6.07, 6.45) is 0.261. The van der Waals surface area contributed by atoms with Gasteiger partial charge in [0.2, 0.25) is 3.79 Å². The van der Waals surface area contributed by atoms with E-state index in [9.17, 15) is 4.79 Å². The van der Waals surface area contributed by atoms with Gasteiger partial charge in [0.05, 0.1) is 12.8 Å². The lowest BCUT2D eigenvalue weighted by Gasteiger charge is -2.02. The van der Waals surface area contributed by atoms with Crippen LogP contribution in [0, 0.1) is 0 Å². The molecule has 0 aromatic rings. The topological polar surface area (TPSA) is 50.7 Å². The molecule has 7 heteroatoms. The number of ether oxygens (including phenoxy) is 1. The lowest BCUT2D eigenvalue weighted by atomic mass is 10.8. The predicted molar refractivity (Wildman–Crippen MR) is 48.9 cm³/mol. The number of carbonyl (C=O) groups is 1. The monoisotopic (exact) mass is 232 g/mol. The Labute approximate surface area is 84.8 Å². The van der Waals surface area contributed by atoms with Crippen molar-refractivity contribution in [3.8, 4) is 0 Å². The summed E-state index contributed by atoms with van der Waals surface area (Å²) in [7, 11) is 0. The van der Waals surface area contributed by atoms with Gasteiger partial charge in [-0.2, -0.15) is 5.10 Å². The number of nitrogens with zero attached hydrogens (tertiary/aromatic N) is 1. The van der Waals surface area contributed by atoms with Crippen LogP contribution in [0.25, 0.3) is 0 Å². The lowest BCUT2D eigenvalue weighted by Crippen LogP contribution is -2.20. The van der Waals surface area contributed by atoms with Gasteiger partial charge in [-0.05, 0) is 6.92 Å². The third-order valence-corrected chi connectivity index (χ3v) is 0.935. The van der Waals surface area contributed by atoms with Gasteiger partial charge < -0.3 is 4.74 Å². The molecular weight excluding hydrogens is 226 g/mol. The van der Waals surface area contributed by atoms with Crippen LogP contribution in [0.1, 0.15) is 6.92 Å². The highest BCUT2D eigenvalue weighted by Gasteiger charge is 2.15. The van der Waals surface area contributed by atoms with E-state index in [1.165, 1.54) is 0 Å². The standard InChI is InChI=1S/C5H7Cl3N2O2/c1-2-12-4(11)10-9-3-5(6,7)8/h3H,2H2,1H3,(H,10,11). The number of rotatable bonds is 2. The van der Waals surface area contributed by atoms with Crippen molar-refractivity contribution in [1.29, 1.82) is 0 Å². The average Bonchev–Trinajstić information content (AvgIpc) is 1.84. The first kappa shape index (κ1) is 11.8. The molecule has 0 rings (SSSR count). The van der Waals surface area contributed by atoms with Gasteiger partial charge in [-0.1, -0.05) is 34.8 Å². The summed E-state index contributed by atoms with van der Waals surface area (Å²) in [5.74, 6) is 0. The van der Waals surface area contributed by atoms with Gasteiger partial charge in [0.25, 0.3) is 0 Å². The summed E-state index contributed by atoms with van der Waals surface area (Å²) in [5, 5.41) is 3.32. The van der Waals surface area contributed by atoms with Gasteiger partial charge in [-0.15, -0.1) is 0 Å². The Kier molecular flexibility index (Phi) is 5.37. The van der Waals surface area contributed by atoms with Crippen LogP contribution in [0.15, 0.2) is 5.10 Å². The lowest BCUT2D eigenvalue weighted by molar-refractivity contribution is 0.152. The first-order valence-corrected chi connectivity index (χ1v) is 4.13. The van der Waals surface area contributed by atoms with Crippen molar-refractivity contribution in [2.75, 3.05) is 6.61 Å². The van der Waals surface area contributed by atoms with Crippen LogP contribution < -0.4 is 5.43 Å². The van der Waals surface area contributed by atoms with Crippen LogP contribution in [-0.2, 0) is 4.74 Å². The predicted octanol–water partition coefficient (Wildman–Crippen LogP) is 2.09. The number of halogens is 3. The van der Waals surface area contributed by atoms with Crippen LogP contribution >= 0.6 is 34.8 Å². The van der Waals surface area contributed by atoms with Crippen molar-refractivity contribution in [2.45, 2.75) is 10.7 Å². The Hall–Kier alpha value is -0.190. The molecule has 0 atom stereocenters. The first-order chi connectivity index (χ1) is 5.45. The zero-order valence-corrected chi connectivity index (χ0v) is 8.45. The highest BCUT2D eigenvalue weighted by atomic mass is 35.6. The third-order valence-electron chi connectivity index (χ3n) is 0.642. The van der Waals surface area contributed by atoms with Gasteiger partial charge in [0.15, 0.2) is 0 Å². The summed E-state index contributed by atoms with van der Waals surface area (Å²) in [6.45, 7) is 1.92. The van der Waals surface area contributed by atoms with E-state index < -0.39 is 9.89 Å². The number of carbonyl (C=O) groups excluding carboxylic acids is 1. The van der Waals surface area contributed by atoms with Crippen molar-refractivity contribution < 1.29 is 9.53 Å². The fourth-order valence-corrected chi connectivity index (χ4v) is 0.468. The van der Waals surface area contributed by atoms with Gasteiger partial charge in [-0.3, -0.25) is 0 Å². The second-order valence-electron chi connectivity index (χ2n) is 1.63. The number of alkyl halides is 3. The average molecular weight is 233 g/mol. The molecule has 70 valence electrons. The summed E-state index contributed by atoms with van der Waals surface area (Å²) in [6, 6.07) is 0. The summed E-state index contributed by atoms with van der Waals surface area (Å²) >= 11 is 15.8. The molecule has 0 bridgehead atoms. The molecule has 0 aliphatic carbocycles. The van der Waals surface area contributed by atoms with E-state index in [4.69, 9.17) is 34.8 Å². The number of hydrazone groups is 1. The zero-order chi connectivity index (χ0) is 9.61. The quantitative estimate of drug-likeness (QED) is 0.451. The molecule has 1 amide bonds. The molecule has 0 aromatic heterocycles. The number of hydrogen-bond donors (Lipinski definition) is 1. The molecule has 0 heterocycles. The molecule has 0 aliphatic rings. The Morgan fingerprint density at radius 3 is 2.67 bits per heavy atom. The fraction of sp³-hybridized carbons (Fsp3) is 0.600. The van der Waals surface area contributed by atoms with Crippen LogP contribution in [0.2, 0.25) is 0 Å². The zero-order valence-electron chi connectivity index (χ0n) is 6.18. The molecule has 0 aliphatic heterocycles. The molecule has 0 unspecified atom stereocenters. The normalized spacial score (nSPS) is 11.7. The minimum atomic E-state index is -1.61. The van der Waals surface area contributed by atoms with Crippen molar-refractivity contribution in [1.82, 2.24) is 5.43 Å². The molecule has 12 heavy (non-hydrogen) atoms. The molecule has 0 radical (unpaired) electrons. The van der Waals surface area contributed by atoms with Crippen LogP contribution in [0.3, 0.4) is 0 Å². The maximum absolute atomic E-state index is 10.6. The van der Waals surface area contributed by atoms with Crippen molar-refractivity contribution in [3.05, 3.63) is 0 Å². The van der Waals surface area contributed by atoms with Crippen molar-refractivity contribution >= 4 is 47.1 Å². The number of nitrogens with one attached hydrogen (secondary N) is 1. The highest BCUT2D eigenvalue weighted by molar-refractivity contribution is 6.74. The van der Waals surface area contributed by atoms with Gasteiger partial charge >= 0.3 is 6.09 Å². The van der Waals surface area contributed by atoms with E-state index in [1.54, 1.807) is 6.92 Å². The minimum absolute atomic E-state index is 0.259. The largest absolute Gasteiger partial charge is 0.449 e. The fourth-order valence-electron chi connectivity index (χ4n) is 0.322. The maximum atomic E-state index is 10.6. The molecule has 0 saturated carbocycles. The molecule has 0 saturated heterocycles. The SMILES string of the molecule is CCOC(=O)NN=CC(Cl)(Cl)Cl. The van der Waals surface area contributed by atoms with Gasteiger partial charge in [0, 0.05) is 0 Å². The van der Waals surface area contributed by atoms with E-state index in [0.29, 0.717) is 0 Å². The molecule has 0 spiro atoms. The smallest absolute Gasteiger partial charge is 0.427 e. The minimum Gasteiger partial charge on any atom is -0.449 e. The molecule has 4 nitrogen and oxygen atoms in total. The van der Waals surface area contributed by atoms with E-state index in [0.717, 1.165) is 6.21 Å². The van der Waals surface area contributed by atoms with Gasteiger partial charge in [-0.25, -0.2) is 10.2 Å². The van der Waals surface area contributed by atoms with E-state index in [2.05, 4.69) is 9.84 Å². The Morgan fingerprint density at radius 1 is 1.67 bits per heavy atom. The van der Waals surface area contributed by atoms with Crippen LogP contribution in [-0.4, -0.2) is 22.7 Å². The third kappa shape index (κ3) is 7.91. The summed E-state index contributed by atoms with van der Waals surface area (Å²) < 4.78 is 2.85. The second-order valence-corrected chi connectivity index (χ2v) is 4.00.